The van der Waals surface area contributed by atoms with E-state index in [2.05, 4.69) is 240 Å². The van der Waals surface area contributed by atoms with Crippen molar-refractivity contribution in [1.29, 1.82) is 0 Å². The van der Waals surface area contributed by atoms with Gasteiger partial charge in [-0.25, -0.2) is 0 Å². The van der Waals surface area contributed by atoms with Crippen molar-refractivity contribution in [2.24, 2.45) is 0 Å². The van der Waals surface area contributed by atoms with Crippen LogP contribution in [0.5, 0.6) is 0 Å². The number of anilines is 3. The monoisotopic (exact) mass is 794 g/mol. The van der Waals surface area contributed by atoms with E-state index < -0.39 is 0 Å². The van der Waals surface area contributed by atoms with Crippen molar-refractivity contribution in [2.45, 2.75) is 0 Å². The molecule has 12 aromatic rings. The predicted octanol–water partition coefficient (Wildman–Crippen LogP) is 16.8. The van der Waals surface area contributed by atoms with Gasteiger partial charge in [0.2, 0.25) is 0 Å². The summed E-state index contributed by atoms with van der Waals surface area (Å²) in [6.45, 7) is 0. The van der Waals surface area contributed by atoms with Crippen LogP contribution in [0.2, 0.25) is 0 Å². The van der Waals surface area contributed by atoms with Gasteiger partial charge < -0.3 is 9.47 Å². The maximum Gasteiger partial charge on any atom is 0.0555 e. The molecular formula is C58H38N2S. The number of aromatic nitrogens is 1. The van der Waals surface area contributed by atoms with Crippen molar-refractivity contribution < 1.29 is 0 Å². The minimum Gasteiger partial charge on any atom is -0.310 e. The van der Waals surface area contributed by atoms with E-state index in [0.717, 1.165) is 22.7 Å². The van der Waals surface area contributed by atoms with Crippen LogP contribution in [-0.4, -0.2) is 4.57 Å². The van der Waals surface area contributed by atoms with Crippen molar-refractivity contribution in [3.05, 3.63) is 231 Å². The van der Waals surface area contributed by atoms with Crippen LogP contribution >= 0.6 is 11.3 Å². The third-order valence-corrected chi connectivity index (χ3v) is 13.4. The molecule has 0 atom stereocenters. The highest BCUT2D eigenvalue weighted by Crippen LogP contribution is 2.49. The van der Waals surface area contributed by atoms with E-state index in [4.69, 9.17) is 0 Å². The molecule has 61 heavy (non-hydrogen) atoms. The zero-order valence-corrected chi connectivity index (χ0v) is 34.1. The van der Waals surface area contributed by atoms with Gasteiger partial charge in [-0.2, -0.15) is 0 Å². The van der Waals surface area contributed by atoms with Crippen LogP contribution in [0.3, 0.4) is 0 Å². The molecule has 0 unspecified atom stereocenters. The molecule has 0 amide bonds. The first kappa shape index (κ1) is 35.2. The molecule has 0 aliphatic rings. The maximum atomic E-state index is 2.45. The molecule has 3 heteroatoms. The zero-order chi connectivity index (χ0) is 40.3. The number of hydrogen-bond donors (Lipinski definition) is 0. The van der Waals surface area contributed by atoms with E-state index >= 15 is 0 Å². The summed E-state index contributed by atoms with van der Waals surface area (Å²) < 4.78 is 4.97. The molecular weight excluding hydrogens is 757 g/mol. The maximum absolute atomic E-state index is 2.45. The van der Waals surface area contributed by atoms with Crippen LogP contribution in [0, 0.1) is 0 Å². The lowest BCUT2D eigenvalue weighted by atomic mass is 9.97. The van der Waals surface area contributed by atoms with Crippen LogP contribution in [0.15, 0.2) is 231 Å². The van der Waals surface area contributed by atoms with E-state index in [1.165, 1.54) is 86.1 Å². The molecule has 2 aromatic heterocycles. The Labute approximate surface area is 358 Å². The summed E-state index contributed by atoms with van der Waals surface area (Å²) in [5.41, 5.74) is 14.3. The van der Waals surface area contributed by atoms with Crippen molar-refractivity contribution >= 4 is 81.1 Å². The fraction of sp³-hybridized carbons (Fsp3) is 0. The first-order chi connectivity index (χ1) is 30.3. The summed E-state index contributed by atoms with van der Waals surface area (Å²) in [4.78, 5) is 2.45. The Morgan fingerprint density at radius 2 is 0.902 bits per heavy atom. The third-order valence-electron chi connectivity index (χ3n) is 12.2. The second kappa shape index (κ2) is 14.5. The lowest BCUT2D eigenvalue weighted by Gasteiger charge is -2.27. The molecule has 0 N–H and O–H groups in total. The van der Waals surface area contributed by atoms with Gasteiger partial charge in [-0.1, -0.05) is 170 Å². The van der Waals surface area contributed by atoms with E-state index in [0.29, 0.717) is 0 Å². The number of rotatable bonds is 7. The molecule has 0 saturated carbocycles. The lowest BCUT2D eigenvalue weighted by molar-refractivity contribution is 1.18. The SMILES string of the molecule is c1ccc(-c2ccc(N(c3ccc(-c4cccc5ccccc45)cc3)c3ccc(-c4cccc5c4c4ccccc4n5-c4ccccc4)cc3)c3c2sc2ccccc23)cc1. The fourth-order valence-electron chi connectivity index (χ4n) is 9.44. The third kappa shape index (κ3) is 5.85. The summed E-state index contributed by atoms with van der Waals surface area (Å²) in [6.07, 6.45) is 0. The Hall–Kier alpha value is -7.72. The quantitative estimate of drug-likeness (QED) is 0.156. The molecule has 10 aromatic carbocycles. The number of thiophene rings is 1. The summed E-state index contributed by atoms with van der Waals surface area (Å²) in [7, 11) is 0. The first-order valence-corrected chi connectivity index (χ1v) is 21.7. The Kier molecular flexibility index (Phi) is 8.39. The fourth-order valence-corrected chi connectivity index (χ4v) is 10.7. The number of hydrogen-bond acceptors (Lipinski definition) is 2. The lowest BCUT2D eigenvalue weighted by Crippen LogP contribution is -2.10. The predicted molar refractivity (Wildman–Crippen MR) is 262 cm³/mol. The highest BCUT2D eigenvalue weighted by Gasteiger charge is 2.22. The van der Waals surface area contributed by atoms with Gasteiger partial charge in [0, 0.05) is 48.0 Å². The van der Waals surface area contributed by atoms with Gasteiger partial charge in [0.05, 0.1) is 16.7 Å². The molecule has 12 rings (SSSR count). The summed E-state index contributed by atoms with van der Waals surface area (Å²) in [5.74, 6) is 0. The van der Waals surface area contributed by atoms with Crippen LogP contribution in [-0.2, 0) is 0 Å². The summed E-state index contributed by atoms with van der Waals surface area (Å²) in [6, 6.07) is 84.1. The van der Waals surface area contributed by atoms with Gasteiger partial charge >= 0.3 is 0 Å². The van der Waals surface area contributed by atoms with Crippen LogP contribution in [0.1, 0.15) is 0 Å². The zero-order valence-electron chi connectivity index (χ0n) is 33.2. The van der Waals surface area contributed by atoms with E-state index in [9.17, 15) is 0 Å². The number of nitrogens with zero attached hydrogens (tertiary/aromatic N) is 2. The number of benzene rings is 10. The van der Waals surface area contributed by atoms with E-state index in [-0.39, 0.29) is 0 Å². The van der Waals surface area contributed by atoms with Gasteiger partial charge in [-0.05, 0) is 105 Å². The highest BCUT2D eigenvalue weighted by molar-refractivity contribution is 7.26. The number of fused-ring (bicyclic) bond motifs is 7. The average Bonchev–Trinajstić information content (AvgIpc) is 3.89. The molecule has 2 nitrogen and oxygen atoms in total. The topological polar surface area (TPSA) is 8.17 Å². The molecule has 0 aliphatic carbocycles. The minimum absolute atomic E-state index is 1.10. The largest absolute Gasteiger partial charge is 0.310 e. The highest BCUT2D eigenvalue weighted by atomic mass is 32.1. The normalized spacial score (nSPS) is 11.6. The molecule has 0 aliphatic heterocycles. The molecule has 0 fully saturated rings. The van der Waals surface area contributed by atoms with Gasteiger partial charge in [0.15, 0.2) is 0 Å². The van der Waals surface area contributed by atoms with Crippen molar-refractivity contribution in [1.82, 2.24) is 4.57 Å². The Balaban J connectivity index is 1.05. The molecule has 0 bridgehead atoms. The minimum atomic E-state index is 1.10. The summed E-state index contributed by atoms with van der Waals surface area (Å²) in [5, 5.41) is 7.55. The van der Waals surface area contributed by atoms with Gasteiger partial charge in [-0.15, -0.1) is 11.3 Å². The van der Waals surface area contributed by atoms with Gasteiger partial charge in [0.1, 0.15) is 0 Å². The van der Waals surface area contributed by atoms with E-state index in [1.54, 1.807) is 0 Å². The average molecular weight is 795 g/mol. The Bertz CT molecular complexity index is 3560. The van der Waals surface area contributed by atoms with Crippen molar-refractivity contribution in [3.8, 4) is 39.1 Å². The molecule has 0 radical (unpaired) electrons. The van der Waals surface area contributed by atoms with Gasteiger partial charge in [-0.3, -0.25) is 0 Å². The van der Waals surface area contributed by atoms with Crippen LogP contribution in [0.4, 0.5) is 17.1 Å². The van der Waals surface area contributed by atoms with Crippen LogP contribution < -0.4 is 4.90 Å². The van der Waals surface area contributed by atoms with Crippen molar-refractivity contribution in [2.75, 3.05) is 4.90 Å². The molecule has 286 valence electrons. The molecule has 2 heterocycles. The van der Waals surface area contributed by atoms with Crippen molar-refractivity contribution in [3.63, 3.8) is 0 Å². The molecule has 0 saturated heterocycles. The van der Waals surface area contributed by atoms with Gasteiger partial charge in [0.25, 0.3) is 0 Å². The van der Waals surface area contributed by atoms with E-state index in [1.807, 2.05) is 11.3 Å². The number of para-hydroxylation sites is 2. The second-order valence-corrected chi connectivity index (χ2v) is 16.7. The Morgan fingerprint density at radius 1 is 0.344 bits per heavy atom. The Morgan fingerprint density at radius 3 is 1.67 bits per heavy atom. The first-order valence-electron chi connectivity index (χ1n) is 20.8. The standard InChI is InChI=1S/C58H38N2S/c1-3-15-40(16-4-1)49-37-38-54(57-51-23-10-12-28-55(51)61-58(49)57)59(44-33-29-41(30-34-44)47-24-13-18-39-17-7-8-21-46(39)47)45-35-31-42(32-36-45)48-25-14-27-53-56(48)50-22-9-11-26-52(50)60(53)43-19-5-2-6-20-43/h1-38H. The molecule has 0 spiro atoms. The smallest absolute Gasteiger partial charge is 0.0555 e. The second-order valence-electron chi connectivity index (χ2n) is 15.6. The van der Waals surface area contributed by atoms with Crippen LogP contribution in [0.25, 0.3) is 91.8 Å². The summed E-state index contributed by atoms with van der Waals surface area (Å²) >= 11 is 1.88.